The van der Waals surface area contributed by atoms with Gasteiger partial charge in [0.25, 0.3) is 5.56 Å². The molecule has 0 saturated heterocycles. The van der Waals surface area contributed by atoms with Crippen molar-refractivity contribution in [2.45, 2.75) is 5.16 Å². The van der Waals surface area contributed by atoms with E-state index in [-0.39, 0.29) is 35.1 Å². The third kappa shape index (κ3) is 4.84. The Morgan fingerprint density at radius 1 is 1.15 bits per heavy atom. The summed E-state index contributed by atoms with van der Waals surface area (Å²) in [5, 5.41) is 12.5. The van der Waals surface area contributed by atoms with Gasteiger partial charge in [-0.15, -0.1) is 12.4 Å². The van der Waals surface area contributed by atoms with E-state index in [0.29, 0.717) is 11.5 Å². The first kappa shape index (κ1) is 19.5. The maximum Gasteiger partial charge on any atom is 0.262 e. The Kier molecular flexibility index (Phi) is 6.76. The highest BCUT2D eigenvalue weighted by Gasteiger charge is 2.13. The van der Waals surface area contributed by atoms with Gasteiger partial charge in [-0.1, -0.05) is 36.0 Å². The van der Waals surface area contributed by atoms with Gasteiger partial charge in [-0.25, -0.2) is 4.98 Å². The molecule has 0 bridgehead atoms. The molecular weight excluding hydrogens is 376 g/mol. The van der Waals surface area contributed by atoms with Crippen molar-refractivity contribution < 1.29 is 9.90 Å². The number of aromatic nitrogens is 3. The van der Waals surface area contributed by atoms with Crippen LogP contribution in [-0.2, 0) is 4.79 Å². The first-order valence-corrected chi connectivity index (χ1v) is 8.34. The zero-order chi connectivity index (χ0) is 17.6. The minimum absolute atomic E-state index is 0. The Morgan fingerprint density at radius 3 is 2.58 bits per heavy atom. The second kappa shape index (κ2) is 9.02. The number of anilines is 1. The molecule has 2 aromatic heterocycles. The SMILES string of the molecule is Cl.O=C(CSc1nc(O)cc(=O)n1-c1ccccc1)Nc1ccccn1. The molecule has 0 atom stereocenters. The molecule has 0 spiro atoms. The largest absolute Gasteiger partial charge is 0.493 e. The third-order valence-electron chi connectivity index (χ3n) is 3.15. The molecule has 0 aliphatic rings. The zero-order valence-corrected chi connectivity index (χ0v) is 15.0. The zero-order valence-electron chi connectivity index (χ0n) is 13.4. The van der Waals surface area contributed by atoms with E-state index >= 15 is 0 Å². The van der Waals surface area contributed by atoms with E-state index in [1.807, 2.05) is 6.07 Å². The molecule has 1 aromatic carbocycles. The Morgan fingerprint density at radius 2 is 1.88 bits per heavy atom. The minimum Gasteiger partial charge on any atom is -0.493 e. The fourth-order valence-electron chi connectivity index (χ4n) is 2.11. The summed E-state index contributed by atoms with van der Waals surface area (Å²) in [6, 6.07) is 15.1. The van der Waals surface area contributed by atoms with Crippen LogP contribution in [0.4, 0.5) is 5.82 Å². The van der Waals surface area contributed by atoms with Gasteiger partial charge in [0.15, 0.2) is 5.16 Å². The van der Waals surface area contributed by atoms with Crippen molar-refractivity contribution >= 4 is 35.9 Å². The summed E-state index contributed by atoms with van der Waals surface area (Å²) in [4.78, 5) is 32.3. The van der Waals surface area contributed by atoms with Crippen LogP contribution in [0.15, 0.2) is 70.7 Å². The maximum absolute atomic E-state index is 12.2. The number of nitrogens with one attached hydrogen (secondary N) is 1. The summed E-state index contributed by atoms with van der Waals surface area (Å²) in [5.41, 5.74) is 0.180. The lowest BCUT2D eigenvalue weighted by Crippen LogP contribution is -2.21. The normalized spacial score (nSPS) is 10.0. The van der Waals surface area contributed by atoms with Crippen LogP contribution < -0.4 is 10.9 Å². The van der Waals surface area contributed by atoms with Gasteiger partial charge >= 0.3 is 0 Å². The topological polar surface area (TPSA) is 97.1 Å². The standard InChI is InChI=1S/C17H14N4O3S.ClH/c22-14-10-16(24)21(12-6-2-1-3-7-12)17(20-14)25-11-15(23)19-13-8-4-5-9-18-13;/h1-10,22H,11H2,(H,18,19,23);1H. The van der Waals surface area contributed by atoms with Gasteiger partial charge in [0.2, 0.25) is 11.8 Å². The van der Waals surface area contributed by atoms with E-state index in [4.69, 9.17) is 0 Å². The fraction of sp³-hybridized carbons (Fsp3) is 0.0588. The molecule has 0 aliphatic carbocycles. The van der Waals surface area contributed by atoms with Crippen molar-refractivity contribution in [3.8, 4) is 11.6 Å². The van der Waals surface area contributed by atoms with E-state index in [9.17, 15) is 14.7 Å². The highest BCUT2D eigenvalue weighted by atomic mass is 35.5. The number of pyridine rings is 1. The van der Waals surface area contributed by atoms with Crippen molar-refractivity contribution in [3.05, 3.63) is 71.1 Å². The number of aromatic hydroxyl groups is 1. The van der Waals surface area contributed by atoms with Crippen LogP contribution in [0.5, 0.6) is 5.88 Å². The average Bonchev–Trinajstić information content (AvgIpc) is 2.61. The first-order chi connectivity index (χ1) is 12.1. The summed E-state index contributed by atoms with van der Waals surface area (Å²) >= 11 is 1.05. The molecule has 0 saturated carbocycles. The molecule has 0 aliphatic heterocycles. The number of thioether (sulfide) groups is 1. The van der Waals surface area contributed by atoms with E-state index in [1.54, 1.807) is 48.7 Å². The van der Waals surface area contributed by atoms with Crippen LogP contribution in [0.1, 0.15) is 0 Å². The lowest BCUT2D eigenvalue weighted by atomic mass is 10.3. The Balaban J connectivity index is 0.00000243. The number of halogens is 1. The molecule has 0 radical (unpaired) electrons. The smallest absolute Gasteiger partial charge is 0.262 e. The Bertz CT molecular complexity index is 936. The van der Waals surface area contributed by atoms with Crippen LogP contribution in [0.25, 0.3) is 5.69 Å². The van der Waals surface area contributed by atoms with E-state index in [0.717, 1.165) is 17.8 Å². The van der Waals surface area contributed by atoms with E-state index in [2.05, 4.69) is 15.3 Å². The van der Waals surface area contributed by atoms with Crippen molar-refractivity contribution in [1.29, 1.82) is 0 Å². The van der Waals surface area contributed by atoms with Gasteiger partial charge in [0.1, 0.15) is 5.82 Å². The second-order valence-electron chi connectivity index (χ2n) is 4.96. The van der Waals surface area contributed by atoms with Gasteiger partial charge in [-0.05, 0) is 24.3 Å². The van der Waals surface area contributed by atoms with Gasteiger partial charge in [-0.3, -0.25) is 14.2 Å². The van der Waals surface area contributed by atoms with Crippen molar-refractivity contribution in [2.24, 2.45) is 0 Å². The fourth-order valence-corrected chi connectivity index (χ4v) is 2.92. The second-order valence-corrected chi connectivity index (χ2v) is 5.90. The van der Waals surface area contributed by atoms with Crippen LogP contribution in [0, 0.1) is 0 Å². The lowest BCUT2D eigenvalue weighted by molar-refractivity contribution is -0.113. The summed E-state index contributed by atoms with van der Waals surface area (Å²) in [6.07, 6.45) is 1.58. The minimum atomic E-state index is -0.425. The van der Waals surface area contributed by atoms with Gasteiger partial charge < -0.3 is 10.4 Å². The number of nitrogens with zero attached hydrogens (tertiary/aromatic N) is 3. The average molecular weight is 391 g/mol. The molecule has 3 aromatic rings. The predicted octanol–water partition coefficient (Wildman–Crippen LogP) is 2.49. The van der Waals surface area contributed by atoms with Crippen LogP contribution in [-0.4, -0.2) is 31.3 Å². The molecule has 7 nitrogen and oxygen atoms in total. The van der Waals surface area contributed by atoms with Crippen molar-refractivity contribution in [3.63, 3.8) is 0 Å². The van der Waals surface area contributed by atoms with Crippen LogP contribution in [0.2, 0.25) is 0 Å². The first-order valence-electron chi connectivity index (χ1n) is 7.35. The Labute approximate surface area is 159 Å². The quantitative estimate of drug-likeness (QED) is 0.513. The number of para-hydroxylation sites is 1. The van der Waals surface area contributed by atoms with Gasteiger partial charge in [0.05, 0.1) is 17.5 Å². The van der Waals surface area contributed by atoms with Crippen molar-refractivity contribution in [1.82, 2.24) is 14.5 Å². The maximum atomic E-state index is 12.2. The van der Waals surface area contributed by atoms with Crippen LogP contribution >= 0.6 is 24.2 Å². The number of hydrogen-bond acceptors (Lipinski definition) is 6. The lowest BCUT2D eigenvalue weighted by Gasteiger charge is -2.11. The molecule has 0 unspecified atom stereocenters. The van der Waals surface area contributed by atoms with E-state index in [1.165, 1.54) is 4.57 Å². The van der Waals surface area contributed by atoms with Gasteiger partial charge in [-0.2, -0.15) is 4.98 Å². The van der Waals surface area contributed by atoms with E-state index < -0.39 is 5.56 Å². The summed E-state index contributed by atoms with van der Waals surface area (Å²) < 4.78 is 1.35. The predicted molar refractivity (Wildman–Crippen MR) is 102 cm³/mol. The molecule has 134 valence electrons. The molecule has 26 heavy (non-hydrogen) atoms. The van der Waals surface area contributed by atoms with Crippen molar-refractivity contribution in [2.75, 3.05) is 11.1 Å². The monoisotopic (exact) mass is 390 g/mol. The Hall–Kier alpha value is -2.84. The highest BCUT2D eigenvalue weighted by Crippen LogP contribution is 2.20. The summed E-state index contributed by atoms with van der Waals surface area (Å²) in [7, 11) is 0. The number of benzene rings is 1. The summed E-state index contributed by atoms with van der Waals surface area (Å²) in [6.45, 7) is 0. The number of carbonyl (C=O) groups is 1. The number of hydrogen-bond donors (Lipinski definition) is 2. The number of rotatable bonds is 5. The highest BCUT2D eigenvalue weighted by molar-refractivity contribution is 7.99. The number of amides is 1. The third-order valence-corrected chi connectivity index (χ3v) is 4.09. The molecule has 9 heteroatoms. The number of carbonyl (C=O) groups excluding carboxylic acids is 1. The molecule has 3 rings (SSSR count). The molecular formula is C17H15ClN4O3S. The molecule has 2 N–H and O–H groups in total. The summed E-state index contributed by atoms with van der Waals surface area (Å²) in [5.74, 6) is -0.220. The molecule has 0 fully saturated rings. The van der Waals surface area contributed by atoms with Gasteiger partial charge in [0, 0.05) is 6.20 Å². The van der Waals surface area contributed by atoms with Crippen LogP contribution in [0.3, 0.4) is 0 Å². The molecule has 2 heterocycles. The molecule has 1 amide bonds.